The van der Waals surface area contributed by atoms with Crippen molar-refractivity contribution in [1.82, 2.24) is 29.6 Å². The quantitative estimate of drug-likeness (QED) is 0.589. The third kappa shape index (κ3) is 4.39. The summed E-state index contributed by atoms with van der Waals surface area (Å²) in [5.41, 5.74) is 10.4. The highest BCUT2D eigenvalue weighted by Gasteiger charge is 2.24. The molecule has 2 saturated heterocycles. The molecule has 2 aliphatic rings. The average molecular weight is 451 g/mol. The summed E-state index contributed by atoms with van der Waals surface area (Å²) in [6.45, 7) is 10.3. The second kappa shape index (κ2) is 9.23. The summed E-state index contributed by atoms with van der Waals surface area (Å²) in [5.74, 6) is 1.21. The molecule has 0 unspecified atom stereocenters. The van der Waals surface area contributed by atoms with Crippen LogP contribution in [0.25, 0.3) is 22.2 Å². The molecule has 3 aromatic heterocycles. The molecule has 2 aliphatic heterocycles. The van der Waals surface area contributed by atoms with Crippen molar-refractivity contribution in [3.8, 4) is 11.1 Å². The summed E-state index contributed by atoms with van der Waals surface area (Å²) in [7, 11) is 0. The van der Waals surface area contributed by atoms with E-state index in [4.69, 9.17) is 25.5 Å². The molecule has 5 rings (SSSR count). The molecular weight excluding hydrogens is 416 g/mol. The molecule has 5 heterocycles. The third-order valence-corrected chi connectivity index (χ3v) is 6.92. The van der Waals surface area contributed by atoms with Crippen LogP contribution in [0.2, 0.25) is 0 Å². The van der Waals surface area contributed by atoms with Gasteiger partial charge in [0.25, 0.3) is 0 Å². The van der Waals surface area contributed by atoms with Crippen molar-refractivity contribution in [1.29, 1.82) is 0 Å². The maximum absolute atomic E-state index is 6.22. The Bertz CT molecular complexity index is 1110. The molecule has 0 radical (unpaired) electrons. The topological polar surface area (TPSA) is 107 Å². The van der Waals surface area contributed by atoms with Crippen molar-refractivity contribution >= 4 is 22.7 Å². The molecule has 3 aromatic rings. The summed E-state index contributed by atoms with van der Waals surface area (Å²) in [5, 5.41) is 8.25. The number of pyridine rings is 1. The monoisotopic (exact) mass is 450 g/mol. The number of piperidine rings is 1. The van der Waals surface area contributed by atoms with Gasteiger partial charge in [-0.05, 0) is 39.5 Å². The summed E-state index contributed by atoms with van der Waals surface area (Å²) >= 11 is 0. The molecule has 0 aromatic carbocycles. The minimum absolute atomic E-state index is 0.254. The number of hydrogen-bond donors (Lipinski definition) is 2. The van der Waals surface area contributed by atoms with Gasteiger partial charge in [0, 0.05) is 49.3 Å². The Morgan fingerprint density at radius 1 is 1.15 bits per heavy atom. The molecule has 33 heavy (non-hydrogen) atoms. The number of ether oxygens (including phenoxy) is 1. The summed E-state index contributed by atoms with van der Waals surface area (Å²) in [4.78, 5) is 16.8. The predicted octanol–water partition coefficient (Wildman–Crippen LogP) is 3.28. The zero-order chi connectivity index (χ0) is 22.9. The first-order valence-electron chi connectivity index (χ1n) is 12.1. The van der Waals surface area contributed by atoms with E-state index in [1.165, 1.54) is 0 Å². The highest BCUT2D eigenvalue weighted by atomic mass is 16.5. The molecule has 0 spiro atoms. The van der Waals surface area contributed by atoms with E-state index in [1.54, 1.807) is 6.20 Å². The maximum Gasteiger partial charge on any atom is 0.151 e. The molecule has 3 N–H and O–H groups in total. The lowest BCUT2D eigenvalue weighted by atomic mass is 10.0. The fraction of sp³-hybridized carbons (Fsp3) is 0.583. The van der Waals surface area contributed by atoms with Gasteiger partial charge >= 0.3 is 0 Å². The summed E-state index contributed by atoms with van der Waals surface area (Å²) < 4.78 is 7.64. The number of fused-ring (bicyclic) bond motifs is 1. The van der Waals surface area contributed by atoms with Crippen molar-refractivity contribution < 1.29 is 4.74 Å². The van der Waals surface area contributed by atoms with Gasteiger partial charge in [-0.2, -0.15) is 5.10 Å². The van der Waals surface area contributed by atoms with Gasteiger partial charge in [0.2, 0.25) is 0 Å². The van der Waals surface area contributed by atoms with Gasteiger partial charge < -0.3 is 20.7 Å². The maximum atomic E-state index is 6.22. The number of anilines is 2. The zero-order valence-electron chi connectivity index (χ0n) is 19.8. The van der Waals surface area contributed by atoms with Crippen LogP contribution >= 0.6 is 0 Å². The van der Waals surface area contributed by atoms with E-state index >= 15 is 0 Å². The Morgan fingerprint density at radius 2 is 1.97 bits per heavy atom. The summed E-state index contributed by atoms with van der Waals surface area (Å²) in [6, 6.07) is 1.26. The lowest BCUT2D eigenvalue weighted by Crippen LogP contribution is -2.39. The van der Waals surface area contributed by atoms with Crippen LogP contribution in [-0.2, 0) is 11.2 Å². The minimum Gasteiger partial charge on any atom is -0.382 e. The van der Waals surface area contributed by atoms with Crippen LogP contribution in [0.1, 0.15) is 51.8 Å². The van der Waals surface area contributed by atoms with Crippen LogP contribution in [0.4, 0.5) is 11.6 Å². The van der Waals surface area contributed by atoms with E-state index < -0.39 is 0 Å². The number of nitrogens with one attached hydrogen (secondary N) is 1. The number of nitrogen functional groups attached to an aromatic ring is 1. The second-order valence-electron chi connectivity index (χ2n) is 9.40. The van der Waals surface area contributed by atoms with E-state index in [1.807, 2.05) is 6.20 Å². The molecule has 0 saturated carbocycles. The molecule has 0 bridgehead atoms. The number of nitrogens with two attached hydrogens (primary N) is 1. The third-order valence-electron chi connectivity index (χ3n) is 6.92. The van der Waals surface area contributed by atoms with Crippen molar-refractivity contribution in [2.75, 3.05) is 37.4 Å². The van der Waals surface area contributed by atoms with E-state index in [0.717, 1.165) is 73.5 Å². The first-order chi connectivity index (χ1) is 16.0. The highest BCUT2D eigenvalue weighted by molar-refractivity contribution is 5.96. The Balaban J connectivity index is 1.47. The fourth-order valence-corrected chi connectivity index (χ4v) is 4.85. The van der Waals surface area contributed by atoms with Crippen LogP contribution in [0, 0.1) is 0 Å². The molecule has 0 aliphatic carbocycles. The van der Waals surface area contributed by atoms with E-state index in [0.29, 0.717) is 30.0 Å². The molecule has 1 atom stereocenters. The number of nitrogens with zero attached hydrogens (tertiary/aromatic N) is 6. The van der Waals surface area contributed by atoms with E-state index in [9.17, 15) is 0 Å². The normalized spacial score (nSPS) is 20.2. The van der Waals surface area contributed by atoms with Gasteiger partial charge in [-0.1, -0.05) is 6.92 Å². The van der Waals surface area contributed by atoms with Crippen LogP contribution in [0.3, 0.4) is 0 Å². The molecule has 0 amide bonds. The van der Waals surface area contributed by atoms with Crippen LogP contribution in [0.5, 0.6) is 0 Å². The lowest BCUT2D eigenvalue weighted by molar-refractivity contribution is 0.147. The van der Waals surface area contributed by atoms with Gasteiger partial charge in [-0.25, -0.2) is 15.0 Å². The van der Waals surface area contributed by atoms with Gasteiger partial charge in [-0.3, -0.25) is 4.68 Å². The molecule has 2 fully saturated rings. The minimum atomic E-state index is 0.254. The smallest absolute Gasteiger partial charge is 0.151 e. The molecule has 9 nitrogen and oxygen atoms in total. The van der Waals surface area contributed by atoms with Gasteiger partial charge in [0.1, 0.15) is 16.9 Å². The number of aryl methyl sites for hydroxylation is 1. The first-order valence-corrected chi connectivity index (χ1v) is 12.1. The predicted molar refractivity (Wildman–Crippen MR) is 130 cm³/mol. The fourth-order valence-electron chi connectivity index (χ4n) is 4.85. The Labute approximate surface area is 194 Å². The molecule has 176 valence electrons. The van der Waals surface area contributed by atoms with Gasteiger partial charge in [-0.15, -0.1) is 0 Å². The van der Waals surface area contributed by atoms with Crippen LogP contribution < -0.4 is 11.1 Å². The van der Waals surface area contributed by atoms with E-state index in [-0.39, 0.29) is 6.04 Å². The average Bonchev–Trinajstić information content (AvgIpc) is 3.52. The first kappa shape index (κ1) is 22.0. The standard InChI is InChI=1S/C24H34N8O/c1-4-20-24(28-17-7-10-33-14-17)30-21-19(12-26-23(25)22(21)29-20)16-11-27-32(13-16)18-5-8-31(9-6-18)15(2)3/h11-13,15,17-18H,4-10,14H2,1-3H3,(H2,25,26)(H,28,30)/t17-/m1/s1. The Kier molecular flexibility index (Phi) is 6.16. The number of likely N-dealkylation sites (tertiary alicyclic amines) is 1. The second-order valence-corrected chi connectivity index (χ2v) is 9.40. The van der Waals surface area contributed by atoms with Crippen molar-refractivity contribution in [3.05, 3.63) is 24.3 Å². The molecule has 9 heteroatoms. The number of hydrogen-bond acceptors (Lipinski definition) is 8. The lowest BCUT2D eigenvalue weighted by Gasteiger charge is -2.34. The van der Waals surface area contributed by atoms with Crippen molar-refractivity contribution in [2.45, 2.75) is 64.6 Å². The number of rotatable bonds is 6. The van der Waals surface area contributed by atoms with Crippen LogP contribution in [-0.4, -0.2) is 68.0 Å². The van der Waals surface area contributed by atoms with Gasteiger partial charge in [0.05, 0.1) is 30.6 Å². The van der Waals surface area contributed by atoms with E-state index in [2.05, 4.69) is 46.9 Å². The Hall–Kier alpha value is -2.78. The Morgan fingerprint density at radius 3 is 2.67 bits per heavy atom. The highest BCUT2D eigenvalue weighted by Crippen LogP contribution is 2.32. The molecular formula is C24H34N8O. The SMILES string of the molecule is CCc1nc2c(N)ncc(-c3cnn(C4CCN(C(C)C)CC4)c3)c2nc1N[C@@H]1CCOC1. The number of aromatic nitrogens is 5. The summed E-state index contributed by atoms with van der Waals surface area (Å²) in [6.07, 6.45) is 9.77. The zero-order valence-corrected chi connectivity index (χ0v) is 19.8. The largest absolute Gasteiger partial charge is 0.382 e. The van der Waals surface area contributed by atoms with Gasteiger partial charge in [0.15, 0.2) is 5.82 Å². The van der Waals surface area contributed by atoms with Crippen molar-refractivity contribution in [3.63, 3.8) is 0 Å². The van der Waals surface area contributed by atoms with Crippen molar-refractivity contribution in [2.24, 2.45) is 0 Å². The van der Waals surface area contributed by atoms with Crippen LogP contribution in [0.15, 0.2) is 18.6 Å².